The van der Waals surface area contributed by atoms with Crippen LogP contribution in [0.15, 0.2) is 6.20 Å². The van der Waals surface area contributed by atoms with Crippen molar-refractivity contribution in [1.82, 2.24) is 9.78 Å². The van der Waals surface area contributed by atoms with Gasteiger partial charge in [-0.15, -0.1) is 0 Å². The van der Waals surface area contributed by atoms with Crippen molar-refractivity contribution in [2.75, 3.05) is 5.73 Å². The smallest absolute Gasteiger partial charge is 0.0822 e. The molecule has 3 N–H and O–H groups in total. The zero-order valence-corrected chi connectivity index (χ0v) is 6.78. The first-order chi connectivity index (χ1) is 5.09. The van der Waals surface area contributed by atoms with Gasteiger partial charge in [0, 0.05) is 6.20 Å². The highest BCUT2D eigenvalue weighted by Gasteiger charge is 2.02. The lowest BCUT2D eigenvalue weighted by Gasteiger charge is -2.02. The second-order valence-electron chi connectivity index (χ2n) is 2.74. The van der Waals surface area contributed by atoms with Crippen LogP contribution < -0.4 is 5.73 Å². The highest BCUT2D eigenvalue weighted by Crippen LogP contribution is 2.06. The Morgan fingerprint density at radius 2 is 2.45 bits per heavy atom. The summed E-state index contributed by atoms with van der Waals surface area (Å²) in [5.41, 5.74) is 7.03. The fourth-order valence-electron chi connectivity index (χ4n) is 0.897. The Morgan fingerprint density at radius 3 is 2.82 bits per heavy atom. The summed E-state index contributed by atoms with van der Waals surface area (Å²) >= 11 is 0. The third-order valence-electron chi connectivity index (χ3n) is 1.44. The number of rotatable bonds is 2. The summed E-state index contributed by atoms with van der Waals surface area (Å²) in [5.74, 6) is 0. The molecule has 0 unspecified atom stereocenters. The van der Waals surface area contributed by atoms with E-state index in [-0.39, 0.29) is 6.10 Å². The molecule has 4 nitrogen and oxygen atoms in total. The Bertz CT molecular complexity index is 222. The first kappa shape index (κ1) is 8.07. The molecule has 0 spiro atoms. The number of aliphatic hydroxyl groups is 1. The minimum atomic E-state index is -0.381. The Kier molecular flexibility index (Phi) is 2.14. The summed E-state index contributed by atoms with van der Waals surface area (Å²) in [7, 11) is 0. The maximum Gasteiger partial charge on any atom is 0.0822 e. The maximum atomic E-state index is 9.00. The Balaban J connectivity index is 2.73. The van der Waals surface area contributed by atoms with E-state index in [1.165, 1.54) is 0 Å². The normalized spacial score (nSPS) is 13.4. The summed E-state index contributed by atoms with van der Waals surface area (Å²) in [6, 6.07) is 0. The Morgan fingerprint density at radius 1 is 1.82 bits per heavy atom. The van der Waals surface area contributed by atoms with Gasteiger partial charge in [0.1, 0.15) is 0 Å². The maximum absolute atomic E-state index is 9.00. The molecule has 62 valence electrons. The topological polar surface area (TPSA) is 64.1 Å². The van der Waals surface area contributed by atoms with Gasteiger partial charge in [-0.2, -0.15) is 5.10 Å². The van der Waals surface area contributed by atoms with Crippen LogP contribution in [0, 0.1) is 6.92 Å². The summed E-state index contributed by atoms with van der Waals surface area (Å²) in [4.78, 5) is 0. The van der Waals surface area contributed by atoms with Gasteiger partial charge in [-0.1, -0.05) is 0 Å². The van der Waals surface area contributed by atoms with Crippen LogP contribution >= 0.6 is 0 Å². The summed E-state index contributed by atoms with van der Waals surface area (Å²) in [5, 5.41) is 13.1. The van der Waals surface area contributed by atoms with E-state index in [2.05, 4.69) is 5.10 Å². The molecule has 0 saturated carbocycles. The number of anilines is 1. The second kappa shape index (κ2) is 2.92. The van der Waals surface area contributed by atoms with E-state index in [4.69, 9.17) is 10.8 Å². The zero-order chi connectivity index (χ0) is 8.43. The van der Waals surface area contributed by atoms with Gasteiger partial charge in [-0.05, 0) is 13.8 Å². The van der Waals surface area contributed by atoms with Crippen LogP contribution in [0.25, 0.3) is 0 Å². The van der Waals surface area contributed by atoms with E-state index >= 15 is 0 Å². The van der Waals surface area contributed by atoms with Crippen molar-refractivity contribution in [1.29, 1.82) is 0 Å². The number of hydrogen-bond donors (Lipinski definition) is 2. The third kappa shape index (κ3) is 1.94. The van der Waals surface area contributed by atoms with Crippen molar-refractivity contribution in [3.8, 4) is 0 Å². The molecule has 1 rings (SSSR count). The van der Waals surface area contributed by atoms with E-state index in [1.807, 2.05) is 6.92 Å². The molecule has 0 bridgehead atoms. The average molecular weight is 155 g/mol. The summed E-state index contributed by atoms with van der Waals surface area (Å²) in [6.45, 7) is 4.05. The van der Waals surface area contributed by atoms with Gasteiger partial charge in [0.05, 0.1) is 24.0 Å². The number of aliphatic hydroxyl groups excluding tert-OH is 1. The minimum absolute atomic E-state index is 0.381. The van der Waals surface area contributed by atoms with Crippen LogP contribution in [0.4, 0.5) is 5.69 Å². The highest BCUT2D eigenvalue weighted by molar-refractivity contribution is 5.39. The molecule has 0 amide bonds. The molecule has 0 aliphatic carbocycles. The molecule has 0 fully saturated rings. The molecule has 0 aliphatic rings. The first-order valence-electron chi connectivity index (χ1n) is 3.57. The highest BCUT2D eigenvalue weighted by atomic mass is 16.3. The van der Waals surface area contributed by atoms with Gasteiger partial charge in [-0.3, -0.25) is 4.68 Å². The number of hydrogen-bond acceptors (Lipinski definition) is 3. The van der Waals surface area contributed by atoms with Crippen molar-refractivity contribution < 1.29 is 5.11 Å². The van der Waals surface area contributed by atoms with Gasteiger partial charge >= 0.3 is 0 Å². The standard InChI is InChI=1S/C7H13N3O/c1-5(11)3-10-4-7(8)6(2)9-10/h4-5,11H,3,8H2,1-2H3/t5-/m0/s1. The molecule has 0 aromatic carbocycles. The van der Waals surface area contributed by atoms with Gasteiger partial charge in [0.25, 0.3) is 0 Å². The Hall–Kier alpha value is -1.03. The number of aryl methyl sites for hydroxylation is 1. The van der Waals surface area contributed by atoms with Crippen molar-refractivity contribution >= 4 is 5.69 Å². The molecule has 0 aliphatic heterocycles. The third-order valence-corrected chi connectivity index (χ3v) is 1.44. The lowest BCUT2D eigenvalue weighted by molar-refractivity contribution is 0.168. The summed E-state index contributed by atoms with van der Waals surface area (Å²) in [6.07, 6.45) is 1.34. The van der Waals surface area contributed by atoms with Crippen molar-refractivity contribution in [2.24, 2.45) is 0 Å². The van der Waals surface area contributed by atoms with Gasteiger partial charge in [0.2, 0.25) is 0 Å². The number of nitrogens with two attached hydrogens (primary N) is 1. The van der Waals surface area contributed by atoms with Crippen LogP contribution in [-0.4, -0.2) is 21.0 Å². The van der Waals surface area contributed by atoms with Crippen molar-refractivity contribution in [2.45, 2.75) is 26.5 Å². The molecular weight excluding hydrogens is 142 g/mol. The van der Waals surface area contributed by atoms with Crippen LogP contribution in [0.5, 0.6) is 0 Å². The van der Waals surface area contributed by atoms with E-state index in [9.17, 15) is 0 Å². The fourth-order valence-corrected chi connectivity index (χ4v) is 0.897. The SMILES string of the molecule is Cc1nn(C[C@H](C)O)cc1N. The quantitative estimate of drug-likeness (QED) is 0.639. The minimum Gasteiger partial charge on any atom is -0.396 e. The fraction of sp³-hybridized carbons (Fsp3) is 0.571. The van der Waals surface area contributed by atoms with E-state index < -0.39 is 0 Å². The predicted octanol–water partition coefficient (Wildman–Crippen LogP) is 0.155. The molecule has 1 heterocycles. The van der Waals surface area contributed by atoms with Crippen LogP contribution in [0.1, 0.15) is 12.6 Å². The molecular formula is C7H13N3O. The van der Waals surface area contributed by atoms with E-state index in [1.54, 1.807) is 17.8 Å². The van der Waals surface area contributed by atoms with Crippen LogP contribution in [-0.2, 0) is 6.54 Å². The predicted molar refractivity (Wildman–Crippen MR) is 43.1 cm³/mol. The summed E-state index contributed by atoms with van der Waals surface area (Å²) < 4.78 is 1.65. The monoisotopic (exact) mass is 155 g/mol. The number of aromatic nitrogens is 2. The lowest BCUT2D eigenvalue weighted by atomic mass is 10.4. The molecule has 1 aromatic heterocycles. The van der Waals surface area contributed by atoms with Crippen LogP contribution in [0.3, 0.4) is 0 Å². The second-order valence-corrected chi connectivity index (χ2v) is 2.74. The first-order valence-corrected chi connectivity index (χ1v) is 3.57. The van der Waals surface area contributed by atoms with Crippen LogP contribution in [0.2, 0.25) is 0 Å². The Labute approximate surface area is 65.6 Å². The molecule has 11 heavy (non-hydrogen) atoms. The number of nitrogens with zero attached hydrogens (tertiary/aromatic N) is 2. The van der Waals surface area contributed by atoms with E-state index in [0.717, 1.165) is 5.69 Å². The molecule has 0 radical (unpaired) electrons. The lowest BCUT2D eigenvalue weighted by Crippen LogP contribution is -2.11. The molecule has 1 atom stereocenters. The number of nitrogen functional groups attached to an aromatic ring is 1. The zero-order valence-electron chi connectivity index (χ0n) is 6.78. The van der Waals surface area contributed by atoms with Crippen molar-refractivity contribution in [3.05, 3.63) is 11.9 Å². The largest absolute Gasteiger partial charge is 0.396 e. The average Bonchev–Trinajstić information content (AvgIpc) is 2.10. The molecule has 0 saturated heterocycles. The van der Waals surface area contributed by atoms with Gasteiger partial charge in [0.15, 0.2) is 0 Å². The van der Waals surface area contributed by atoms with Crippen molar-refractivity contribution in [3.63, 3.8) is 0 Å². The van der Waals surface area contributed by atoms with Gasteiger partial charge < -0.3 is 10.8 Å². The van der Waals surface area contributed by atoms with Gasteiger partial charge in [-0.25, -0.2) is 0 Å². The molecule has 1 aromatic rings. The molecule has 4 heteroatoms. The van der Waals surface area contributed by atoms with E-state index in [0.29, 0.717) is 12.2 Å².